The second-order valence-corrected chi connectivity index (χ2v) is 16.2. The maximum atomic E-state index is 12.6. The molecule has 0 bridgehead atoms. The molecule has 0 rings (SSSR count). The number of aliphatic hydroxyl groups excluding tert-OH is 1. The van der Waals surface area contributed by atoms with E-state index >= 15 is 0 Å². The zero-order valence-electron chi connectivity index (χ0n) is 37.3. The molecular weight excluding hydrogens is 778 g/mol. The molecule has 3 atom stereocenters. The molecule has 11 heteroatoms. The predicted molar refractivity (Wildman–Crippen MR) is 248 cm³/mol. The molecule has 0 spiro atoms. The van der Waals surface area contributed by atoms with Gasteiger partial charge in [-0.1, -0.05) is 169 Å². The number of carbonyl (C=O) groups excluding carboxylic acids is 2. The van der Waals surface area contributed by atoms with Crippen LogP contribution < -0.4 is 5.73 Å². The summed E-state index contributed by atoms with van der Waals surface area (Å²) < 4.78 is 32.7. The highest BCUT2D eigenvalue weighted by atomic mass is 31.2. The van der Waals surface area contributed by atoms with Gasteiger partial charge < -0.3 is 25.2 Å². The highest BCUT2D eigenvalue weighted by Crippen LogP contribution is 2.43. The van der Waals surface area contributed by atoms with Crippen molar-refractivity contribution in [2.45, 2.75) is 174 Å². The van der Waals surface area contributed by atoms with Crippen molar-refractivity contribution >= 4 is 19.8 Å². The minimum absolute atomic E-state index is 0.0235. The molecule has 0 aliphatic carbocycles. The maximum absolute atomic E-state index is 12.6. The number of allylic oxidation sites excluding steroid dienone is 14. The van der Waals surface area contributed by atoms with Gasteiger partial charge in [-0.05, 0) is 77.0 Å². The highest BCUT2D eigenvalue weighted by Gasteiger charge is 2.26. The van der Waals surface area contributed by atoms with Crippen LogP contribution in [0.25, 0.3) is 0 Å². The molecule has 0 saturated heterocycles. The van der Waals surface area contributed by atoms with E-state index in [9.17, 15) is 24.2 Å². The molecule has 0 aliphatic heterocycles. The number of aliphatic hydroxyl groups is 1. The summed E-state index contributed by atoms with van der Waals surface area (Å²) in [6.45, 7) is 3.37. The Hall–Kier alpha value is -3.11. The van der Waals surface area contributed by atoms with Crippen LogP contribution in [0.15, 0.2) is 97.2 Å². The number of esters is 2. The van der Waals surface area contributed by atoms with Crippen LogP contribution in [0.4, 0.5) is 0 Å². The van der Waals surface area contributed by atoms with Crippen molar-refractivity contribution in [1.82, 2.24) is 0 Å². The molecule has 60 heavy (non-hydrogen) atoms. The van der Waals surface area contributed by atoms with Crippen molar-refractivity contribution in [3.8, 4) is 0 Å². The van der Waals surface area contributed by atoms with Gasteiger partial charge in [0.1, 0.15) is 6.61 Å². The quantitative estimate of drug-likeness (QED) is 0.0178. The van der Waals surface area contributed by atoms with E-state index in [4.69, 9.17) is 24.3 Å². The second-order valence-electron chi connectivity index (χ2n) is 14.7. The zero-order valence-corrected chi connectivity index (χ0v) is 38.2. The summed E-state index contributed by atoms with van der Waals surface area (Å²) in [4.78, 5) is 34.9. The van der Waals surface area contributed by atoms with E-state index in [2.05, 4.69) is 74.6 Å². The van der Waals surface area contributed by atoms with Crippen LogP contribution in [0.1, 0.15) is 162 Å². The fourth-order valence-corrected chi connectivity index (χ4v) is 6.42. The number of hydrogen-bond donors (Lipinski definition) is 3. The summed E-state index contributed by atoms with van der Waals surface area (Å²) >= 11 is 0. The van der Waals surface area contributed by atoms with E-state index in [0.29, 0.717) is 19.3 Å². The minimum atomic E-state index is -4.43. The molecule has 0 fully saturated rings. The molecule has 0 aromatic rings. The first-order chi connectivity index (χ1) is 29.2. The highest BCUT2D eigenvalue weighted by molar-refractivity contribution is 7.47. The molecule has 342 valence electrons. The Morgan fingerprint density at radius 2 is 1.15 bits per heavy atom. The van der Waals surface area contributed by atoms with Crippen LogP contribution in [0, 0.1) is 0 Å². The molecule has 4 N–H and O–H groups in total. The lowest BCUT2D eigenvalue weighted by atomic mass is 10.1. The van der Waals surface area contributed by atoms with Crippen LogP contribution >= 0.6 is 7.82 Å². The monoisotopic (exact) mass is 860 g/mol. The number of hydrogen-bond acceptors (Lipinski definition) is 9. The normalized spacial score (nSPS) is 14.7. The molecule has 0 saturated carbocycles. The van der Waals surface area contributed by atoms with Crippen LogP contribution in [0.3, 0.4) is 0 Å². The number of ether oxygens (including phenoxy) is 2. The molecule has 2 unspecified atom stereocenters. The van der Waals surface area contributed by atoms with Crippen LogP contribution in [-0.2, 0) is 32.7 Å². The summed E-state index contributed by atoms with van der Waals surface area (Å²) in [6, 6.07) is 0. The van der Waals surface area contributed by atoms with E-state index in [-0.39, 0.29) is 32.6 Å². The Balaban J connectivity index is 4.35. The van der Waals surface area contributed by atoms with Gasteiger partial charge in [0.05, 0.1) is 19.3 Å². The topological polar surface area (TPSA) is 155 Å². The van der Waals surface area contributed by atoms with Crippen molar-refractivity contribution in [3.63, 3.8) is 0 Å². The third-order valence-corrected chi connectivity index (χ3v) is 10.0. The Morgan fingerprint density at radius 1 is 0.600 bits per heavy atom. The first kappa shape index (κ1) is 56.9. The van der Waals surface area contributed by atoms with Gasteiger partial charge in [-0.15, -0.1) is 0 Å². The molecule has 0 radical (unpaired) electrons. The van der Waals surface area contributed by atoms with Crippen molar-refractivity contribution in [3.05, 3.63) is 97.2 Å². The molecule has 0 heterocycles. The summed E-state index contributed by atoms with van der Waals surface area (Å²) in [7, 11) is -4.43. The molecular formula is C49H82NO9P. The lowest BCUT2D eigenvalue weighted by molar-refractivity contribution is -0.161. The van der Waals surface area contributed by atoms with Crippen LogP contribution in [0.5, 0.6) is 0 Å². The first-order valence-corrected chi connectivity index (χ1v) is 24.3. The van der Waals surface area contributed by atoms with Gasteiger partial charge in [-0.25, -0.2) is 4.57 Å². The second kappa shape index (κ2) is 44.0. The predicted octanol–water partition coefficient (Wildman–Crippen LogP) is 12.4. The number of phosphoric acid groups is 1. The number of phosphoric ester groups is 1. The summed E-state index contributed by atoms with van der Waals surface area (Å²) in [5.74, 6) is -1.02. The summed E-state index contributed by atoms with van der Waals surface area (Å²) in [5, 5.41) is 10.2. The first-order valence-electron chi connectivity index (χ1n) is 22.8. The van der Waals surface area contributed by atoms with Gasteiger partial charge in [0.15, 0.2) is 6.10 Å². The number of rotatable bonds is 41. The lowest BCUT2D eigenvalue weighted by Crippen LogP contribution is -2.29. The Labute approximate surface area is 364 Å². The molecule has 10 nitrogen and oxygen atoms in total. The zero-order chi connectivity index (χ0) is 44.0. The largest absolute Gasteiger partial charge is 0.472 e. The van der Waals surface area contributed by atoms with Gasteiger partial charge in [-0.2, -0.15) is 0 Å². The SMILES string of the molecule is CC/C=C\C/C=C\C/C=C\C/C=C\C=C/C(O)C/C=C\CCC(=O)OC[C@H](COP(=O)(O)OCCN)OC(=O)CCCCCCCCCCC/C=C\C/C=C\CCCCC. The number of nitrogens with two attached hydrogens (primary N) is 1. The van der Waals surface area contributed by atoms with Gasteiger partial charge in [0.2, 0.25) is 0 Å². The van der Waals surface area contributed by atoms with E-state index < -0.39 is 38.6 Å². The molecule has 0 amide bonds. The number of carbonyl (C=O) groups is 2. The fraction of sp³-hybridized carbons (Fsp3) is 0.633. The van der Waals surface area contributed by atoms with E-state index in [0.717, 1.165) is 57.8 Å². The average Bonchev–Trinajstić information content (AvgIpc) is 3.23. The van der Waals surface area contributed by atoms with Crippen molar-refractivity contribution < 1.29 is 42.7 Å². The fourth-order valence-electron chi connectivity index (χ4n) is 5.66. The minimum Gasteiger partial charge on any atom is -0.462 e. The smallest absolute Gasteiger partial charge is 0.462 e. The molecule has 0 aromatic carbocycles. The number of unbranched alkanes of at least 4 members (excludes halogenated alkanes) is 12. The van der Waals surface area contributed by atoms with Gasteiger partial charge in [0, 0.05) is 19.4 Å². The Morgan fingerprint density at radius 3 is 1.77 bits per heavy atom. The van der Waals surface area contributed by atoms with E-state index in [1.54, 1.807) is 18.2 Å². The Kier molecular flexibility index (Phi) is 41.7. The molecule has 0 aromatic heterocycles. The standard InChI is InChI=1S/C49H82NO9P/c1-3-5-7-9-11-13-15-17-18-19-20-21-22-24-26-28-30-32-36-41-49(53)59-47(45-58-60(54,55)57-43-42-50)44-56-48(52)40-37-33-35-39-46(51)38-34-31-29-27-25-23-16-14-12-10-8-6-4-2/h6,8,11-14,17-18,23,25,29,31,33-35,38,46-47,51H,3-5,7,9-10,15-16,19-22,24,26-28,30,32,36-37,39-45,50H2,1-2H3,(H,54,55)/b8-6-,13-11-,14-12-,18-17-,25-23-,31-29-,35-33-,38-34-/t46?,47-/m1/s1. The third-order valence-electron chi connectivity index (χ3n) is 9.05. The van der Waals surface area contributed by atoms with Gasteiger partial charge in [0.25, 0.3) is 0 Å². The van der Waals surface area contributed by atoms with Gasteiger partial charge in [-0.3, -0.25) is 18.6 Å². The van der Waals surface area contributed by atoms with Crippen LogP contribution in [0.2, 0.25) is 0 Å². The summed E-state index contributed by atoms with van der Waals surface area (Å²) in [6.07, 6.45) is 53.2. The lowest BCUT2D eigenvalue weighted by Gasteiger charge is -2.19. The molecule has 0 aliphatic rings. The Bertz CT molecular complexity index is 1320. The van der Waals surface area contributed by atoms with Crippen molar-refractivity contribution in [2.75, 3.05) is 26.4 Å². The van der Waals surface area contributed by atoms with Gasteiger partial charge >= 0.3 is 19.8 Å². The average molecular weight is 860 g/mol. The van der Waals surface area contributed by atoms with E-state index in [1.807, 2.05) is 18.2 Å². The summed E-state index contributed by atoms with van der Waals surface area (Å²) in [5.41, 5.74) is 5.34. The maximum Gasteiger partial charge on any atom is 0.472 e. The third kappa shape index (κ3) is 43.0. The van der Waals surface area contributed by atoms with Crippen LogP contribution in [-0.4, -0.2) is 60.5 Å². The van der Waals surface area contributed by atoms with Crippen molar-refractivity contribution in [2.24, 2.45) is 5.73 Å². The van der Waals surface area contributed by atoms with E-state index in [1.165, 1.54) is 57.8 Å². The van der Waals surface area contributed by atoms with Crippen molar-refractivity contribution in [1.29, 1.82) is 0 Å².